The van der Waals surface area contributed by atoms with Gasteiger partial charge in [-0.25, -0.2) is 4.98 Å². The number of fused-ring (bicyclic) bond motifs is 1. The van der Waals surface area contributed by atoms with E-state index >= 15 is 0 Å². The summed E-state index contributed by atoms with van der Waals surface area (Å²) in [5, 5.41) is 0. The van der Waals surface area contributed by atoms with Crippen LogP contribution in [-0.4, -0.2) is 32.4 Å². The van der Waals surface area contributed by atoms with Crippen molar-refractivity contribution >= 4 is 16.9 Å². The molecule has 0 bridgehead atoms. The maximum Gasteiger partial charge on any atom is 0.272 e. The van der Waals surface area contributed by atoms with Crippen LogP contribution in [0, 0.1) is 0 Å². The number of rotatable bonds is 4. The predicted molar refractivity (Wildman–Crippen MR) is 85.4 cm³/mol. The van der Waals surface area contributed by atoms with E-state index in [0.717, 1.165) is 23.4 Å². The van der Waals surface area contributed by atoms with Crippen molar-refractivity contribution in [3.8, 4) is 0 Å². The van der Waals surface area contributed by atoms with Crippen LogP contribution >= 0.6 is 0 Å². The van der Waals surface area contributed by atoms with Crippen LogP contribution in [0.15, 0.2) is 48.7 Å². The van der Waals surface area contributed by atoms with E-state index in [2.05, 4.69) is 27.5 Å². The molecule has 0 unspecified atom stereocenters. The number of para-hydroxylation sites is 2. The zero-order chi connectivity index (χ0) is 15.5. The second-order valence-corrected chi connectivity index (χ2v) is 5.14. The molecule has 0 saturated heterocycles. The molecule has 0 aliphatic rings. The van der Waals surface area contributed by atoms with Crippen LogP contribution < -0.4 is 0 Å². The average molecular weight is 294 g/mol. The highest BCUT2D eigenvalue weighted by Gasteiger charge is 2.16. The maximum absolute atomic E-state index is 12.4. The minimum Gasteiger partial charge on any atom is -0.333 e. The third kappa shape index (κ3) is 2.57. The van der Waals surface area contributed by atoms with Gasteiger partial charge in [0.1, 0.15) is 11.5 Å². The van der Waals surface area contributed by atoms with Crippen molar-refractivity contribution < 1.29 is 4.79 Å². The Bertz CT molecular complexity index is 795. The van der Waals surface area contributed by atoms with Crippen molar-refractivity contribution in [1.29, 1.82) is 0 Å². The third-order valence-electron chi connectivity index (χ3n) is 3.66. The van der Waals surface area contributed by atoms with Crippen LogP contribution in [-0.2, 0) is 13.1 Å². The largest absolute Gasteiger partial charge is 0.333 e. The molecular formula is C17H18N4O. The lowest BCUT2D eigenvalue weighted by Crippen LogP contribution is -2.28. The lowest BCUT2D eigenvalue weighted by atomic mass is 10.3. The standard InChI is InChI=1S/C17H18N4O/c1-3-21-15-10-5-4-8-13(15)19-16(21)12-20(2)17(22)14-9-6-7-11-18-14/h4-11H,3,12H2,1-2H3. The zero-order valence-corrected chi connectivity index (χ0v) is 12.7. The molecule has 3 aromatic rings. The minimum atomic E-state index is -0.102. The van der Waals surface area contributed by atoms with Crippen molar-refractivity contribution in [3.63, 3.8) is 0 Å². The SMILES string of the molecule is CCn1c(CN(C)C(=O)c2ccccn2)nc2ccccc21. The van der Waals surface area contributed by atoms with Crippen molar-refractivity contribution in [2.24, 2.45) is 0 Å². The van der Waals surface area contributed by atoms with Gasteiger partial charge in [0.15, 0.2) is 0 Å². The smallest absolute Gasteiger partial charge is 0.272 e. The molecule has 112 valence electrons. The summed E-state index contributed by atoms with van der Waals surface area (Å²) in [6.07, 6.45) is 1.63. The Kier molecular flexibility index (Phi) is 3.87. The topological polar surface area (TPSA) is 51.0 Å². The summed E-state index contributed by atoms with van der Waals surface area (Å²) in [7, 11) is 1.77. The first-order chi connectivity index (χ1) is 10.7. The Labute approximate surface area is 129 Å². The van der Waals surface area contributed by atoms with Crippen LogP contribution in [0.3, 0.4) is 0 Å². The summed E-state index contributed by atoms with van der Waals surface area (Å²) < 4.78 is 2.14. The van der Waals surface area contributed by atoms with Crippen LogP contribution in [0.4, 0.5) is 0 Å². The Morgan fingerprint density at radius 1 is 1.18 bits per heavy atom. The lowest BCUT2D eigenvalue weighted by molar-refractivity contribution is 0.0774. The van der Waals surface area contributed by atoms with E-state index < -0.39 is 0 Å². The number of benzene rings is 1. The van der Waals surface area contributed by atoms with Gasteiger partial charge in [0, 0.05) is 19.8 Å². The van der Waals surface area contributed by atoms with Crippen molar-refractivity contribution in [2.75, 3.05) is 7.05 Å². The van der Waals surface area contributed by atoms with E-state index in [0.29, 0.717) is 12.2 Å². The van der Waals surface area contributed by atoms with Crippen LogP contribution in [0.5, 0.6) is 0 Å². The molecular weight excluding hydrogens is 276 g/mol. The Morgan fingerprint density at radius 3 is 2.68 bits per heavy atom. The number of carbonyl (C=O) groups excluding carboxylic acids is 1. The number of amides is 1. The van der Waals surface area contributed by atoms with Crippen LogP contribution in [0.25, 0.3) is 11.0 Å². The number of imidazole rings is 1. The van der Waals surface area contributed by atoms with E-state index in [9.17, 15) is 4.79 Å². The van der Waals surface area contributed by atoms with Gasteiger partial charge in [0.2, 0.25) is 0 Å². The van der Waals surface area contributed by atoms with E-state index in [-0.39, 0.29) is 5.91 Å². The fraction of sp³-hybridized carbons (Fsp3) is 0.235. The van der Waals surface area contributed by atoms with E-state index in [1.54, 1.807) is 30.3 Å². The van der Waals surface area contributed by atoms with Gasteiger partial charge < -0.3 is 9.47 Å². The molecule has 22 heavy (non-hydrogen) atoms. The predicted octanol–water partition coefficient (Wildman–Crippen LogP) is 2.72. The van der Waals surface area contributed by atoms with Crippen LogP contribution in [0.2, 0.25) is 0 Å². The molecule has 0 radical (unpaired) electrons. The van der Waals surface area contributed by atoms with Crippen molar-refractivity contribution in [3.05, 3.63) is 60.2 Å². The monoisotopic (exact) mass is 294 g/mol. The third-order valence-corrected chi connectivity index (χ3v) is 3.66. The van der Waals surface area contributed by atoms with Gasteiger partial charge in [-0.05, 0) is 31.2 Å². The molecule has 5 nitrogen and oxygen atoms in total. The molecule has 0 spiro atoms. The second-order valence-electron chi connectivity index (χ2n) is 5.14. The van der Waals surface area contributed by atoms with Gasteiger partial charge in [0.05, 0.1) is 17.6 Å². The zero-order valence-electron chi connectivity index (χ0n) is 12.7. The Hall–Kier alpha value is -2.69. The first-order valence-corrected chi connectivity index (χ1v) is 7.31. The molecule has 0 atom stereocenters. The molecule has 1 aromatic carbocycles. The quantitative estimate of drug-likeness (QED) is 0.743. The molecule has 0 aliphatic heterocycles. The molecule has 2 heterocycles. The van der Waals surface area contributed by atoms with Gasteiger partial charge in [-0.15, -0.1) is 0 Å². The average Bonchev–Trinajstić information content (AvgIpc) is 2.91. The fourth-order valence-electron chi connectivity index (χ4n) is 2.57. The molecule has 3 rings (SSSR count). The van der Waals surface area contributed by atoms with Gasteiger partial charge in [0.25, 0.3) is 5.91 Å². The molecule has 0 saturated carbocycles. The number of aromatic nitrogens is 3. The van der Waals surface area contributed by atoms with Crippen molar-refractivity contribution in [1.82, 2.24) is 19.4 Å². The van der Waals surface area contributed by atoms with E-state index in [4.69, 9.17) is 0 Å². The normalized spacial score (nSPS) is 10.8. The van der Waals surface area contributed by atoms with E-state index in [1.807, 2.05) is 24.3 Å². The Morgan fingerprint density at radius 2 is 1.95 bits per heavy atom. The highest BCUT2D eigenvalue weighted by molar-refractivity contribution is 5.92. The number of carbonyl (C=O) groups is 1. The molecule has 0 N–H and O–H groups in total. The van der Waals surface area contributed by atoms with Gasteiger partial charge >= 0.3 is 0 Å². The van der Waals surface area contributed by atoms with Gasteiger partial charge in [-0.3, -0.25) is 9.78 Å². The first kappa shape index (κ1) is 14.3. The highest BCUT2D eigenvalue weighted by Crippen LogP contribution is 2.17. The lowest BCUT2D eigenvalue weighted by Gasteiger charge is -2.17. The highest BCUT2D eigenvalue weighted by atomic mass is 16.2. The molecule has 0 fully saturated rings. The summed E-state index contributed by atoms with van der Waals surface area (Å²) in [6, 6.07) is 13.4. The Balaban J connectivity index is 1.88. The summed E-state index contributed by atoms with van der Waals surface area (Å²) in [5.74, 6) is 0.783. The van der Waals surface area contributed by atoms with E-state index in [1.165, 1.54) is 0 Å². The second kappa shape index (κ2) is 5.97. The molecule has 1 amide bonds. The summed E-state index contributed by atoms with van der Waals surface area (Å²) >= 11 is 0. The fourth-order valence-corrected chi connectivity index (χ4v) is 2.57. The minimum absolute atomic E-state index is 0.102. The summed E-state index contributed by atoms with van der Waals surface area (Å²) in [6.45, 7) is 3.36. The number of pyridine rings is 1. The first-order valence-electron chi connectivity index (χ1n) is 7.31. The number of aryl methyl sites for hydroxylation is 1. The molecule has 0 aliphatic carbocycles. The molecule has 2 aromatic heterocycles. The summed E-state index contributed by atoms with van der Waals surface area (Å²) in [4.78, 5) is 22.8. The van der Waals surface area contributed by atoms with Crippen LogP contribution in [0.1, 0.15) is 23.2 Å². The van der Waals surface area contributed by atoms with Gasteiger partial charge in [-0.2, -0.15) is 0 Å². The summed E-state index contributed by atoms with van der Waals surface area (Å²) in [5.41, 5.74) is 2.50. The molecule has 5 heteroatoms. The van der Waals surface area contributed by atoms with Crippen molar-refractivity contribution in [2.45, 2.75) is 20.0 Å². The number of hydrogen-bond acceptors (Lipinski definition) is 3. The number of nitrogens with zero attached hydrogens (tertiary/aromatic N) is 4. The van der Waals surface area contributed by atoms with Gasteiger partial charge in [-0.1, -0.05) is 18.2 Å². The number of hydrogen-bond donors (Lipinski definition) is 0. The maximum atomic E-state index is 12.4.